The number of hydrogen-bond donors (Lipinski definition) is 1. The van der Waals surface area contributed by atoms with Gasteiger partial charge in [0.05, 0.1) is 17.2 Å². The summed E-state index contributed by atoms with van der Waals surface area (Å²) in [5, 5.41) is 0. The van der Waals surface area contributed by atoms with Crippen LogP contribution < -0.4 is 0 Å². The van der Waals surface area contributed by atoms with Gasteiger partial charge in [0.2, 0.25) is 0 Å². The molecule has 3 aromatic carbocycles. The van der Waals surface area contributed by atoms with Crippen molar-refractivity contribution < 1.29 is 13.0 Å². The maximum atomic E-state index is 9.19. The van der Waals surface area contributed by atoms with Crippen LogP contribution in [0.5, 0.6) is 0 Å². The third-order valence-corrected chi connectivity index (χ3v) is 5.17. The van der Waals surface area contributed by atoms with E-state index in [-0.39, 0.29) is 10.9 Å². The van der Waals surface area contributed by atoms with Gasteiger partial charge in [0.1, 0.15) is 0 Å². The molecule has 3 aromatic rings. The summed E-state index contributed by atoms with van der Waals surface area (Å²) in [5.41, 5.74) is 0. The normalized spacial score (nSPS) is 10.8. The molecule has 0 atom stereocenters. The van der Waals surface area contributed by atoms with Gasteiger partial charge >= 0.3 is 0 Å². The summed E-state index contributed by atoms with van der Waals surface area (Å²) in [6, 6.07) is 32.2. The van der Waals surface area contributed by atoms with E-state index in [1.807, 2.05) is 0 Å². The van der Waals surface area contributed by atoms with Gasteiger partial charge in [0.15, 0.2) is 14.7 Å². The van der Waals surface area contributed by atoms with Gasteiger partial charge in [-0.25, -0.2) is 0 Å². The topological polar surface area (TPSA) is 54.4 Å². The molecule has 0 heterocycles. The van der Waals surface area contributed by atoms with Crippen molar-refractivity contribution in [3.05, 3.63) is 91.0 Å². The van der Waals surface area contributed by atoms with Crippen LogP contribution in [0.15, 0.2) is 106 Å². The van der Waals surface area contributed by atoms with Crippen molar-refractivity contribution in [2.75, 3.05) is 6.26 Å². The van der Waals surface area contributed by atoms with Gasteiger partial charge in [-0.05, 0) is 36.4 Å². The number of benzene rings is 3. The maximum Gasteiger partial charge on any atom is 0.261 e. The zero-order valence-electron chi connectivity index (χ0n) is 13.2. The fourth-order valence-corrected chi connectivity index (χ4v) is 4.18. The highest BCUT2D eigenvalue weighted by atomic mass is 32.2. The molecule has 124 valence electrons. The highest BCUT2D eigenvalue weighted by Crippen LogP contribution is 2.30. The summed E-state index contributed by atoms with van der Waals surface area (Å²) in [5.74, 6) is 0. The molecular weight excluding hydrogens is 340 g/mol. The van der Waals surface area contributed by atoms with Gasteiger partial charge < -0.3 is 0 Å². The fraction of sp³-hybridized carbons (Fsp3) is 0.0526. The maximum absolute atomic E-state index is 9.19. The second-order valence-electron chi connectivity index (χ2n) is 4.98. The molecule has 0 aliphatic carbocycles. The van der Waals surface area contributed by atoms with Crippen LogP contribution in [0.2, 0.25) is 0 Å². The van der Waals surface area contributed by atoms with E-state index in [2.05, 4.69) is 91.0 Å². The van der Waals surface area contributed by atoms with Gasteiger partial charge in [-0.1, -0.05) is 54.6 Å². The molecule has 0 spiro atoms. The summed E-state index contributed by atoms with van der Waals surface area (Å²) in [6.07, 6.45) is 0.715. The lowest BCUT2D eigenvalue weighted by Crippen LogP contribution is -2.04. The Hall–Kier alpha value is -2.08. The second-order valence-corrected chi connectivity index (χ2v) is 8.47. The van der Waals surface area contributed by atoms with Crippen LogP contribution in [0.25, 0.3) is 0 Å². The number of hydrogen-bond acceptors (Lipinski definition) is 2. The molecule has 0 aliphatic rings. The molecule has 0 saturated carbocycles. The molecule has 0 saturated heterocycles. The lowest BCUT2D eigenvalue weighted by atomic mass is 10.4. The van der Waals surface area contributed by atoms with E-state index in [4.69, 9.17) is 4.55 Å². The summed E-state index contributed by atoms with van der Waals surface area (Å²) in [4.78, 5) is 4.08. The predicted molar refractivity (Wildman–Crippen MR) is 99.0 cm³/mol. The summed E-state index contributed by atoms with van der Waals surface area (Å²) in [7, 11) is -3.68. The first-order valence-corrected chi connectivity index (χ1v) is 10.3. The lowest BCUT2D eigenvalue weighted by molar-refractivity contribution is 0.490. The molecule has 0 radical (unpaired) electrons. The van der Waals surface area contributed by atoms with Crippen molar-refractivity contribution in [2.24, 2.45) is 0 Å². The molecule has 0 amide bonds. The number of rotatable bonds is 3. The zero-order valence-corrected chi connectivity index (χ0v) is 14.9. The quantitative estimate of drug-likeness (QED) is 0.561. The molecule has 0 aromatic heterocycles. The Morgan fingerprint density at radius 3 is 1.04 bits per heavy atom. The van der Waals surface area contributed by atoms with Gasteiger partial charge in [0, 0.05) is 0 Å². The molecule has 0 fully saturated rings. The predicted octanol–water partition coefficient (Wildman–Crippen LogP) is 4.29. The highest BCUT2D eigenvalue weighted by molar-refractivity contribution is 7.97. The SMILES string of the molecule is CS(=O)(=O)O.c1ccc([S+](c2ccccc2)c2ccccc2)cc1. The minimum atomic E-state index is -3.67. The Labute approximate surface area is 146 Å². The molecule has 3 nitrogen and oxygen atoms in total. The van der Waals surface area contributed by atoms with Gasteiger partial charge in [0.25, 0.3) is 10.1 Å². The largest absolute Gasteiger partial charge is 0.286 e. The van der Waals surface area contributed by atoms with Crippen LogP contribution >= 0.6 is 0 Å². The third kappa shape index (κ3) is 6.20. The fourth-order valence-electron chi connectivity index (χ4n) is 2.08. The standard InChI is InChI=1S/C18H15S.CH4O3S/c1-4-10-16(11-5-1)19(17-12-6-2-7-13-17)18-14-8-3-9-15-18;1-5(2,3)4/h1-15H;1H3,(H,2,3,4)/q+1;. The van der Waals surface area contributed by atoms with Crippen molar-refractivity contribution in [3.8, 4) is 0 Å². The first-order chi connectivity index (χ1) is 11.4. The van der Waals surface area contributed by atoms with E-state index in [9.17, 15) is 8.42 Å². The molecule has 3 rings (SSSR count). The van der Waals surface area contributed by atoms with E-state index in [1.165, 1.54) is 14.7 Å². The van der Waals surface area contributed by atoms with Gasteiger partial charge in [-0.15, -0.1) is 0 Å². The van der Waals surface area contributed by atoms with Crippen LogP contribution in [0, 0.1) is 0 Å². The van der Waals surface area contributed by atoms with Crippen LogP contribution in [0.1, 0.15) is 0 Å². The first kappa shape index (κ1) is 18.3. The van der Waals surface area contributed by atoms with E-state index >= 15 is 0 Å². The van der Waals surface area contributed by atoms with Crippen molar-refractivity contribution in [3.63, 3.8) is 0 Å². The molecular formula is C19H19O3S2+. The van der Waals surface area contributed by atoms with Crippen LogP contribution in [-0.2, 0) is 21.0 Å². The van der Waals surface area contributed by atoms with Crippen molar-refractivity contribution in [1.82, 2.24) is 0 Å². The Morgan fingerprint density at radius 2 is 0.833 bits per heavy atom. The van der Waals surface area contributed by atoms with Crippen molar-refractivity contribution in [2.45, 2.75) is 14.7 Å². The Kier molecular flexibility index (Phi) is 6.61. The van der Waals surface area contributed by atoms with Gasteiger partial charge in [-0.2, -0.15) is 8.42 Å². The average molecular weight is 359 g/mol. The van der Waals surface area contributed by atoms with E-state index in [0.717, 1.165) is 0 Å². The lowest BCUT2D eigenvalue weighted by Gasteiger charge is -2.07. The third-order valence-electron chi connectivity index (χ3n) is 2.94. The summed E-state index contributed by atoms with van der Waals surface area (Å²) in [6.45, 7) is 0. The monoisotopic (exact) mass is 359 g/mol. The molecule has 0 aliphatic heterocycles. The summed E-state index contributed by atoms with van der Waals surface area (Å²) < 4.78 is 25.9. The molecule has 24 heavy (non-hydrogen) atoms. The molecule has 1 N–H and O–H groups in total. The Morgan fingerprint density at radius 1 is 0.625 bits per heavy atom. The second kappa shape index (κ2) is 8.68. The van der Waals surface area contributed by atoms with Crippen LogP contribution in [-0.4, -0.2) is 19.2 Å². The minimum absolute atomic E-state index is 0.0146. The minimum Gasteiger partial charge on any atom is -0.286 e. The Bertz CT molecular complexity index is 732. The van der Waals surface area contributed by atoms with Crippen LogP contribution in [0.3, 0.4) is 0 Å². The molecule has 0 bridgehead atoms. The van der Waals surface area contributed by atoms with Crippen molar-refractivity contribution >= 4 is 21.0 Å². The zero-order chi connectivity index (χ0) is 17.4. The molecule has 5 heteroatoms. The molecule has 0 unspecified atom stereocenters. The Balaban J connectivity index is 0.000000368. The van der Waals surface area contributed by atoms with Crippen LogP contribution in [0.4, 0.5) is 0 Å². The smallest absolute Gasteiger partial charge is 0.261 e. The average Bonchev–Trinajstić information content (AvgIpc) is 2.57. The van der Waals surface area contributed by atoms with Crippen molar-refractivity contribution in [1.29, 1.82) is 0 Å². The first-order valence-electron chi connectivity index (χ1n) is 7.27. The van der Waals surface area contributed by atoms with Gasteiger partial charge in [-0.3, -0.25) is 4.55 Å². The van der Waals surface area contributed by atoms with E-state index in [1.54, 1.807) is 0 Å². The van der Waals surface area contributed by atoms with E-state index in [0.29, 0.717) is 6.26 Å². The highest BCUT2D eigenvalue weighted by Gasteiger charge is 2.27. The van der Waals surface area contributed by atoms with E-state index < -0.39 is 10.1 Å². The summed E-state index contributed by atoms with van der Waals surface area (Å²) >= 11 is 0.